The van der Waals surface area contributed by atoms with Crippen molar-refractivity contribution in [3.05, 3.63) is 65.9 Å². The molecule has 3 aromatic heterocycles. The first kappa shape index (κ1) is 21.3. The van der Waals surface area contributed by atoms with Gasteiger partial charge in [-0.2, -0.15) is 4.98 Å². The first-order valence-corrected chi connectivity index (χ1v) is 12.1. The number of sulfonamides is 1. The van der Waals surface area contributed by atoms with Gasteiger partial charge in [0, 0.05) is 30.5 Å². The number of pyridine rings is 1. The number of rotatable bonds is 6. The Hall–Kier alpha value is -3.57. The number of nitrogens with zero attached hydrogens (tertiary/aromatic N) is 5. The molecule has 33 heavy (non-hydrogen) atoms. The van der Waals surface area contributed by atoms with Crippen molar-refractivity contribution >= 4 is 27.3 Å². The molecule has 1 aromatic carbocycles. The van der Waals surface area contributed by atoms with E-state index >= 15 is 0 Å². The summed E-state index contributed by atoms with van der Waals surface area (Å²) in [5.74, 6) is 0.459. The molecule has 0 unspecified atom stereocenters. The molecule has 1 fully saturated rings. The van der Waals surface area contributed by atoms with Crippen LogP contribution in [0.4, 0.5) is 5.69 Å². The van der Waals surface area contributed by atoms with E-state index in [0.29, 0.717) is 47.4 Å². The third-order valence-electron chi connectivity index (χ3n) is 5.79. The number of fused-ring (bicyclic) bond motifs is 1. The highest BCUT2D eigenvalue weighted by molar-refractivity contribution is 7.89. The molecule has 0 bridgehead atoms. The molecule has 5 rings (SSSR count). The summed E-state index contributed by atoms with van der Waals surface area (Å²) in [6.07, 6.45) is 3.32. The van der Waals surface area contributed by atoms with Gasteiger partial charge in [-0.05, 0) is 37.6 Å². The van der Waals surface area contributed by atoms with Gasteiger partial charge in [-0.15, -0.1) is 0 Å². The monoisotopic (exact) mass is 466 g/mol. The normalized spacial score (nSPS) is 15.0. The molecule has 10 nitrogen and oxygen atoms in total. The SMILES string of the molecule is CCS(=O)(=O)N1CC(c2nc(-c3ccc(C)c(NC(=O)c4cnc5ccccn45)c3)no2)C1. The van der Waals surface area contributed by atoms with Gasteiger partial charge in [0.25, 0.3) is 5.91 Å². The Labute approximate surface area is 190 Å². The Morgan fingerprint density at radius 3 is 2.85 bits per heavy atom. The van der Waals surface area contributed by atoms with Crippen LogP contribution in [0.1, 0.15) is 34.8 Å². The second-order valence-electron chi connectivity index (χ2n) is 7.93. The number of hydrogen-bond acceptors (Lipinski definition) is 7. The van der Waals surface area contributed by atoms with E-state index in [1.54, 1.807) is 23.6 Å². The van der Waals surface area contributed by atoms with Crippen molar-refractivity contribution in [3.63, 3.8) is 0 Å². The topological polar surface area (TPSA) is 123 Å². The van der Waals surface area contributed by atoms with Crippen molar-refractivity contribution in [3.8, 4) is 11.4 Å². The van der Waals surface area contributed by atoms with Gasteiger partial charge in [-0.25, -0.2) is 17.7 Å². The second kappa shape index (κ2) is 8.09. The predicted octanol–water partition coefficient (Wildman–Crippen LogP) is 2.69. The molecule has 4 heterocycles. The van der Waals surface area contributed by atoms with Crippen molar-refractivity contribution in [2.45, 2.75) is 19.8 Å². The molecule has 1 amide bonds. The highest BCUT2D eigenvalue weighted by atomic mass is 32.2. The molecular formula is C22H22N6O4S. The number of anilines is 1. The second-order valence-corrected chi connectivity index (χ2v) is 10.2. The van der Waals surface area contributed by atoms with E-state index < -0.39 is 10.0 Å². The maximum absolute atomic E-state index is 12.9. The molecule has 1 aliphatic rings. The fourth-order valence-corrected chi connectivity index (χ4v) is 4.88. The lowest BCUT2D eigenvalue weighted by molar-refractivity contribution is 0.102. The van der Waals surface area contributed by atoms with Crippen LogP contribution in [0.15, 0.2) is 53.3 Å². The Kier molecular flexibility index (Phi) is 5.22. The van der Waals surface area contributed by atoms with Gasteiger partial charge in [0.05, 0.1) is 17.9 Å². The molecule has 0 spiro atoms. The van der Waals surface area contributed by atoms with Crippen molar-refractivity contribution in [2.24, 2.45) is 0 Å². The van der Waals surface area contributed by atoms with Crippen LogP contribution in [-0.4, -0.2) is 57.0 Å². The molecule has 4 aromatic rings. The third-order valence-corrected chi connectivity index (χ3v) is 7.61. The van der Waals surface area contributed by atoms with Gasteiger partial charge in [0.2, 0.25) is 21.7 Å². The van der Waals surface area contributed by atoms with Crippen LogP contribution in [0.5, 0.6) is 0 Å². The minimum absolute atomic E-state index is 0.0712. The lowest BCUT2D eigenvalue weighted by Gasteiger charge is -2.35. The number of nitrogens with one attached hydrogen (secondary N) is 1. The summed E-state index contributed by atoms with van der Waals surface area (Å²) in [5, 5.41) is 6.99. The molecule has 0 saturated carbocycles. The highest BCUT2D eigenvalue weighted by Gasteiger charge is 2.38. The Morgan fingerprint density at radius 1 is 1.24 bits per heavy atom. The summed E-state index contributed by atoms with van der Waals surface area (Å²) >= 11 is 0. The molecule has 0 aliphatic carbocycles. The summed E-state index contributed by atoms with van der Waals surface area (Å²) < 4.78 is 32.4. The number of carbonyl (C=O) groups is 1. The van der Waals surface area contributed by atoms with E-state index in [1.165, 1.54) is 10.5 Å². The van der Waals surface area contributed by atoms with Gasteiger partial charge < -0.3 is 9.84 Å². The summed E-state index contributed by atoms with van der Waals surface area (Å²) in [4.78, 5) is 21.6. The predicted molar refractivity (Wildman–Crippen MR) is 121 cm³/mol. The maximum atomic E-state index is 12.9. The highest BCUT2D eigenvalue weighted by Crippen LogP contribution is 2.30. The number of hydrogen-bond donors (Lipinski definition) is 1. The van der Waals surface area contributed by atoms with E-state index in [1.807, 2.05) is 37.3 Å². The Balaban J connectivity index is 1.34. The van der Waals surface area contributed by atoms with E-state index in [2.05, 4.69) is 20.4 Å². The van der Waals surface area contributed by atoms with Crippen LogP contribution < -0.4 is 5.32 Å². The fraction of sp³-hybridized carbons (Fsp3) is 0.273. The van der Waals surface area contributed by atoms with Crippen LogP contribution in [0.2, 0.25) is 0 Å². The van der Waals surface area contributed by atoms with Crippen LogP contribution in [-0.2, 0) is 10.0 Å². The molecule has 170 valence electrons. The van der Waals surface area contributed by atoms with E-state index in [4.69, 9.17) is 4.52 Å². The van der Waals surface area contributed by atoms with Crippen molar-refractivity contribution in [1.29, 1.82) is 0 Å². The van der Waals surface area contributed by atoms with Gasteiger partial charge in [-0.1, -0.05) is 23.4 Å². The smallest absolute Gasteiger partial charge is 0.274 e. The third kappa shape index (κ3) is 3.89. The minimum Gasteiger partial charge on any atom is -0.339 e. The van der Waals surface area contributed by atoms with Crippen LogP contribution in [0.25, 0.3) is 17.0 Å². The van der Waals surface area contributed by atoms with E-state index in [-0.39, 0.29) is 17.6 Å². The minimum atomic E-state index is -3.21. The van der Waals surface area contributed by atoms with Gasteiger partial charge in [-0.3, -0.25) is 9.20 Å². The summed E-state index contributed by atoms with van der Waals surface area (Å²) in [6.45, 7) is 4.20. The van der Waals surface area contributed by atoms with Crippen molar-refractivity contribution in [1.82, 2.24) is 23.8 Å². The molecule has 0 atom stereocenters. The van der Waals surface area contributed by atoms with Crippen molar-refractivity contribution < 1.29 is 17.7 Å². The average Bonchev–Trinajstić information content (AvgIpc) is 3.41. The Morgan fingerprint density at radius 2 is 2.06 bits per heavy atom. The first-order chi connectivity index (χ1) is 15.9. The zero-order valence-corrected chi connectivity index (χ0v) is 18.9. The molecule has 0 radical (unpaired) electrons. The van der Waals surface area contributed by atoms with E-state index in [9.17, 15) is 13.2 Å². The quantitative estimate of drug-likeness (QED) is 0.463. The summed E-state index contributed by atoms with van der Waals surface area (Å²) in [5.41, 5.74) is 3.30. The van der Waals surface area contributed by atoms with E-state index in [0.717, 1.165) is 5.56 Å². The molecule has 1 saturated heterocycles. The summed E-state index contributed by atoms with van der Waals surface area (Å²) in [6, 6.07) is 11.0. The van der Waals surface area contributed by atoms with Crippen LogP contribution in [0, 0.1) is 6.92 Å². The number of benzene rings is 1. The van der Waals surface area contributed by atoms with Gasteiger partial charge in [0.1, 0.15) is 11.3 Å². The average molecular weight is 467 g/mol. The lowest BCUT2D eigenvalue weighted by atomic mass is 10.0. The fourth-order valence-electron chi connectivity index (χ4n) is 3.70. The first-order valence-electron chi connectivity index (χ1n) is 10.5. The zero-order valence-electron chi connectivity index (χ0n) is 18.1. The molecular weight excluding hydrogens is 444 g/mol. The number of aromatic nitrogens is 4. The molecule has 1 N–H and O–H groups in total. The van der Waals surface area contributed by atoms with Crippen LogP contribution >= 0.6 is 0 Å². The number of imidazole rings is 1. The molecule has 11 heteroatoms. The summed E-state index contributed by atoms with van der Waals surface area (Å²) in [7, 11) is -3.21. The van der Waals surface area contributed by atoms with Gasteiger partial charge in [0.15, 0.2) is 0 Å². The number of amides is 1. The molecule has 1 aliphatic heterocycles. The zero-order chi connectivity index (χ0) is 23.2. The Bertz CT molecular complexity index is 1450. The largest absolute Gasteiger partial charge is 0.339 e. The number of carbonyl (C=O) groups excluding carboxylic acids is 1. The lowest BCUT2D eigenvalue weighted by Crippen LogP contribution is -2.49. The maximum Gasteiger partial charge on any atom is 0.274 e. The number of aryl methyl sites for hydroxylation is 1. The van der Waals surface area contributed by atoms with Crippen LogP contribution in [0.3, 0.4) is 0 Å². The van der Waals surface area contributed by atoms with Crippen molar-refractivity contribution in [2.75, 3.05) is 24.2 Å². The van der Waals surface area contributed by atoms with Gasteiger partial charge >= 0.3 is 0 Å². The standard InChI is InChI=1S/C22H22N6O4S/c1-3-33(30,31)27-12-16(13-27)22-25-20(26-32-22)15-8-7-14(2)17(10-15)24-21(29)18-11-23-19-6-4-5-9-28(18)19/h4-11,16H,3,12-13H2,1-2H3,(H,24,29).